The fourth-order valence-corrected chi connectivity index (χ4v) is 3.27. The number of nitrogens with one attached hydrogen (secondary N) is 3. The predicted molar refractivity (Wildman–Crippen MR) is 134 cm³/mol. The second kappa shape index (κ2) is 14.3. The van der Waals surface area contributed by atoms with Gasteiger partial charge in [-0.3, -0.25) is 14.4 Å². The number of rotatable bonds is 13. The Hall–Kier alpha value is -4.12. The van der Waals surface area contributed by atoms with Crippen LogP contribution in [0.2, 0.25) is 0 Å². The van der Waals surface area contributed by atoms with Gasteiger partial charge >= 0.3 is 12.0 Å². The molecular formula is C25H32N4O7. The van der Waals surface area contributed by atoms with Crippen LogP contribution in [0, 0.1) is 6.92 Å². The molecule has 0 saturated heterocycles. The third-order valence-electron chi connectivity index (χ3n) is 5.22. The summed E-state index contributed by atoms with van der Waals surface area (Å²) in [5, 5.41) is 16.9. The monoisotopic (exact) mass is 500 g/mol. The molecule has 2 rings (SSSR count). The molecule has 0 aliphatic heterocycles. The SMILES string of the molecule is COCCN(CCC(=O)O)C(=O)CNC(=O)Cc1ccc(NC(=O)Nc2ccccc2C)c(OC)c1. The van der Waals surface area contributed by atoms with Gasteiger partial charge in [-0.15, -0.1) is 0 Å². The number of aryl methyl sites for hydroxylation is 1. The Bertz CT molecular complexity index is 1070. The van der Waals surface area contributed by atoms with Crippen LogP contribution in [-0.4, -0.2) is 74.3 Å². The molecule has 2 aromatic rings. The number of carbonyl (C=O) groups is 4. The van der Waals surface area contributed by atoms with Crippen molar-refractivity contribution in [2.45, 2.75) is 19.8 Å². The summed E-state index contributed by atoms with van der Waals surface area (Å²) in [6.45, 7) is 2.12. The Morgan fingerprint density at radius 2 is 1.69 bits per heavy atom. The highest BCUT2D eigenvalue weighted by Gasteiger charge is 2.16. The second-order valence-electron chi connectivity index (χ2n) is 7.90. The van der Waals surface area contributed by atoms with Crippen LogP contribution in [0.15, 0.2) is 42.5 Å². The van der Waals surface area contributed by atoms with Crippen LogP contribution < -0.4 is 20.7 Å². The van der Waals surface area contributed by atoms with Crippen molar-refractivity contribution in [3.05, 3.63) is 53.6 Å². The van der Waals surface area contributed by atoms with E-state index in [0.717, 1.165) is 5.56 Å². The number of carboxylic acid groups (broad SMARTS) is 1. The highest BCUT2D eigenvalue weighted by Crippen LogP contribution is 2.26. The van der Waals surface area contributed by atoms with Gasteiger partial charge in [0.25, 0.3) is 0 Å². The smallest absolute Gasteiger partial charge is 0.323 e. The Morgan fingerprint density at radius 1 is 0.972 bits per heavy atom. The van der Waals surface area contributed by atoms with E-state index in [1.165, 1.54) is 19.1 Å². The van der Waals surface area contributed by atoms with Gasteiger partial charge in [0, 0.05) is 25.9 Å². The molecule has 0 heterocycles. The van der Waals surface area contributed by atoms with Crippen molar-refractivity contribution >= 4 is 35.2 Å². The first kappa shape index (κ1) is 28.1. The maximum atomic E-state index is 12.4. The number of hydrogen-bond donors (Lipinski definition) is 4. The first-order valence-electron chi connectivity index (χ1n) is 11.3. The van der Waals surface area contributed by atoms with E-state index in [-0.39, 0.29) is 39.1 Å². The van der Waals surface area contributed by atoms with Gasteiger partial charge < -0.3 is 35.4 Å². The van der Waals surface area contributed by atoms with Crippen molar-refractivity contribution in [1.29, 1.82) is 0 Å². The molecule has 0 spiro atoms. The van der Waals surface area contributed by atoms with Crippen LogP contribution in [0.1, 0.15) is 17.5 Å². The Morgan fingerprint density at radius 3 is 2.36 bits per heavy atom. The number of aliphatic carboxylic acids is 1. The summed E-state index contributed by atoms with van der Waals surface area (Å²) in [6, 6.07) is 11.9. The average molecular weight is 501 g/mol. The lowest BCUT2D eigenvalue weighted by atomic mass is 10.1. The van der Waals surface area contributed by atoms with Crippen molar-refractivity contribution in [3.63, 3.8) is 0 Å². The number of urea groups is 1. The maximum absolute atomic E-state index is 12.4. The molecule has 0 aliphatic carbocycles. The van der Waals surface area contributed by atoms with Crippen molar-refractivity contribution in [3.8, 4) is 5.75 Å². The average Bonchev–Trinajstić information content (AvgIpc) is 2.84. The molecule has 0 saturated carbocycles. The van der Waals surface area contributed by atoms with Crippen molar-refractivity contribution in [2.24, 2.45) is 0 Å². The van der Waals surface area contributed by atoms with Gasteiger partial charge in [-0.2, -0.15) is 0 Å². The van der Waals surface area contributed by atoms with Crippen molar-refractivity contribution in [2.75, 3.05) is 51.1 Å². The zero-order valence-corrected chi connectivity index (χ0v) is 20.6. The number of nitrogens with zero attached hydrogens (tertiary/aromatic N) is 1. The Balaban J connectivity index is 1.93. The van der Waals surface area contributed by atoms with Crippen molar-refractivity contribution in [1.82, 2.24) is 10.2 Å². The lowest BCUT2D eigenvalue weighted by Crippen LogP contribution is -2.42. The molecule has 0 atom stereocenters. The number of methoxy groups -OCH3 is 2. The minimum absolute atomic E-state index is 0.0213. The largest absolute Gasteiger partial charge is 0.495 e. The fraction of sp³-hybridized carbons (Fsp3) is 0.360. The number of benzene rings is 2. The number of carbonyl (C=O) groups excluding carboxylic acids is 3. The highest BCUT2D eigenvalue weighted by atomic mass is 16.5. The van der Waals surface area contributed by atoms with E-state index in [0.29, 0.717) is 22.7 Å². The molecule has 2 aromatic carbocycles. The van der Waals surface area contributed by atoms with Crippen LogP contribution in [0.4, 0.5) is 16.2 Å². The predicted octanol–water partition coefficient (Wildman–Crippen LogP) is 2.26. The van der Waals surface area contributed by atoms with E-state index >= 15 is 0 Å². The highest BCUT2D eigenvalue weighted by molar-refractivity contribution is 6.01. The summed E-state index contributed by atoms with van der Waals surface area (Å²) < 4.78 is 10.3. The molecular weight excluding hydrogens is 468 g/mol. The zero-order chi connectivity index (χ0) is 26.5. The fourth-order valence-electron chi connectivity index (χ4n) is 3.27. The normalized spacial score (nSPS) is 10.3. The minimum Gasteiger partial charge on any atom is -0.495 e. The van der Waals surface area contributed by atoms with E-state index in [4.69, 9.17) is 14.6 Å². The third-order valence-corrected chi connectivity index (χ3v) is 5.22. The molecule has 4 amide bonds. The number of anilines is 2. The summed E-state index contributed by atoms with van der Waals surface area (Å²) in [5.41, 5.74) is 2.64. The van der Waals surface area contributed by atoms with Gasteiger partial charge in [0.2, 0.25) is 11.8 Å². The van der Waals surface area contributed by atoms with Crippen LogP contribution in [-0.2, 0) is 25.5 Å². The molecule has 36 heavy (non-hydrogen) atoms. The van der Waals surface area contributed by atoms with E-state index < -0.39 is 23.8 Å². The van der Waals surface area contributed by atoms with Gasteiger partial charge in [0.1, 0.15) is 5.75 Å². The van der Waals surface area contributed by atoms with E-state index in [9.17, 15) is 19.2 Å². The topological polar surface area (TPSA) is 146 Å². The number of hydrogen-bond acceptors (Lipinski definition) is 6. The summed E-state index contributed by atoms with van der Waals surface area (Å²) in [7, 11) is 2.93. The molecule has 0 aromatic heterocycles. The lowest BCUT2D eigenvalue weighted by molar-refractivity contribution is -0.139. The molecule has 11 heteroatoms. The summed E-state index contributed by atoms with van der Waals surface area (Å²) in [4.78, 5) is 49.4. The summed E-state index contributed by atoms with van der Waals surface area (Å²) >= 11 is 0. The number of carboxylic acids is 1. The molecule has 194 valence electrons. The number of amides is 4. The molecule has 11 nitrogen and oxygen atoms in total. The second-order valence-corrected chi connectivity index (χ2v) is 7.90. The first-order valence-corrected chi connectivity index (χ1v) is 11.3. The molecule has 4 N–H and O–H groups in total. The van der Waals surface area contributed by atoms with Gasteiger partial charge in [-0.05, 0) is 36.2 Å². The molecule has 0 unspecified atom stereocenters. The zero-order valence-electron chi connectivity index (χ0n) is 20.6. The number of ether oxygens (including phenoxy) is 2. The van der Waals surface area contributed by atoms with Gasteiger partial charge in [0.15, 0.2) is 0 Å². The first-order chi connectivity index (χ1) is 17.2. The molecule has 0 aliphatic rings. The van der Waals surface area contributed by atoms with Gasteiger partial charge in [-0.25, -0.2) is 4.79 Å². The molecule has 0 fully saturated rings. The standard InChI is InChI=1S/C25H32N4O7/c1-17-6-4-5-7-19(17)27-25(34)28-20-9-8-18(14-21(20)36-3)15-22(30)26-16-23(31)29(12-13-35-2)11-10-24(32)33/h4-9,14H,10-13,15-16H2,1-3H3,(H,26,30)(H,32,33)(H2,27,28,34). The summed E-state index contributed by atoms with van der Waals surface area (Å²) in [6.07, 6.45) is -0.223. The van der Waals surface area contributed by atoms with Crippen LogP contribution in [0.3, 0.4) is 0 Å². The Kier molecular flexibility index (Phi) is 11.2. The maximum Gasteiger partial charge on any atom is 0.323 e. The van der Waals surface area contributed by atoms with Crippen LogP contribution in [0.25, 0.3) is 0 Å². The quantitative estimate of drug-likeness (QED) is 0.330. The number of para-hydroxylation sites is 1. The van der Waals surface area contributed by atoms with Crippen LogP contribution >= 0.6 is 0 Å². The lowest BCUT2D eigenvalue weighted by Gasteiger charge is -2.21. The Labute approximate surface area is 209 Å². The minimum atomic E-state index is -1.02. The van der Waals surface area contributed by atoms with E-state index in [1.54, 1.807) is 24.3 Å². The molecule has 0 bridgehead atoms. The third kappa shape index (κ3) is 9.26. The van der Waals surface area contributed by atoms with Gasteiger partial charge in [0.05, 0.1) is 38.8 Å². The van der Waals surface area contributed by atoms with E-state index in [2.05, 4.69) is 16.0 Å². The van der Waals surface area contributed by atoms with Gasteiger partial charge in [-0.1, -0.05) is 24.3 Å². The summed E-state index contributed by atoms with van der Waals surface area (Å²) in [5.74, 6) is -1.45. The van der Waals surface area contributed by atoms with E-state index in [1.807, 2.05) is 25.1 Å². The van der Waals surface area contributed by atoms with Crippen LogP contribution in [0.5, 0.6) is 5.75 Å². The molecule has 0 radical (unpaired) electrons. The van der Waals surface area contributed by atoms with Crippen molar-refractivity contribution < 1.29 is 33.8 Å².